The molecule has 0 aliphatic heterocycles. The topological polar surface area (TPSA) is 39.2 Å². The first-order valence-electron chi connectivity index (χ1n) is 6.46. The standard InChI is InChI=1S/C14H20FNO2/c1-3-4-5-6-7-11(2)18-14(17)12-8-9-16-13(15)10-12/h8-11H,3-7H2,1-2H3. The molecule has 0 saturated heterocycles. The summed E-state index contributed by atoms with van der Waals surface area (Å²) in [5.41, 5.74) is 0.211. The van der Waals surface area contributed by atoms with Crippen molar-refractivity contribution in [1.82, 2.24) is 4.98 Å². The Bertz CT molecular complexity index is 382. The monoisotopic (exact) mass is 253 g/mol. The summed E-state index contributed by atoms with van der Waals surface area (Å²) >= 11 is 0. The van der Waals surface area contributed by atoms with Crippen LogP contribution >= 0.6 is 0 Å². The molecule has 0 saturated carbocycles. The molecule has 0 amide bonds. The highest BCUT2D eigenvalue weighted by Crippen LogP contribution is 2.10. The van der Waals surface area contributed by atoms with Gasteiger partial charge in [-0.3, -0.25) is 0 Å². The van der Waals surface area contributed by atoms with Crippen molar-refractivity contribution in [3.63, 3.8) is 0 Å². The fourth-order valence-corrected chi connectivity index (χ4v) is 1.70. The van der Waals surface area contributed by atoms with E-state index in [2.05, 4.69) is 11.9 Å². The van der Waals surface area contributed by atoms with Crippen molar-refractivity contribution in [2.24, 2.45) is 0 Å². The molecule has 1 rings (SSSR count). The second-order valence-corrected chi connectivity index (χ2v) is 4.43. The van der Waals surface area contributed by atoms with Gasteiger partial charge in [0.25, 0.3) is 0 Å². The Morgan fingerprint density at radius 1 is 1.44 bits per heavy atom. The minimum absolute atomic E-state index is 0.134. The number of hydrogen-bond acceptors (Lipinski definition) is 3. The van der Waals surface area contributed by atoms with Gasteiger partial charge in [0.05, 0.1) is 11.7 Å². The maximum absolute atomic E-state index is 12.8. The van der Waals surface area contributed by atoms with Crippen molar-refractivity contribution in [2.75, 3.05) is 0 Å². The number of esters is 1. The van der Waals surface area contributed by atoms with Crippen molar-refractivity contribution in [3.8, 4) is 0 Å². The van der Waals surface area contributed by atoms with Gasteiger partial charge >= 0.3 is 5.97 Å². The van der Waals surface area contributed by atoms with Crippen LogP contribution in [0, 0.1) is 5.95 Å². The molecular formula is C14H20FNO2. The van der Waals surface area contributed by atoms with Crippen molar-refractivity contribution < 1.29 is 13.9 Å². The van der Waals surface area contributed by atoms with E-state index in [4.69, 9.17) is 4.74 Å². The summed E-state index contributed by atoms with van der Waals surface area (Å²) in [4.78, 5) is 15.1. The molecule has 0 fully saturated rings. The molecule has 3 nitrogen and oxygen atoms in total. The van der Waals surface area contributed by atoms with Crippen molar-refractivity contribution in [1.29, 1.82) is 0 Å². The number of rotatable bonds is 7. The van der Waals surface area contributed by atoms with Crippen LogP contribution in [0.15, 0.2) is 18.3 Å². The first-order chi connectivity index (χ1) is 8.63. The van der Waals surface area contributed by atoms with Crippen LogP contribution in [0.3, 0.4) is 0 Å². The number of hydrogen-bond donors (Lipinski definition) is 0. The van der Waals surface area contributed by atoms with Gasteiger partial charge in [-0.25, -0.2) is 9.78 Å². The molecule has 0 aliphatic rings. The zero-order valence-electron chi connectivity index (χ0n) is 11.0. The van der Waals surface area contributed by atoms with Crippen molar-refractivity contribution in [3.05, 3.63) is 29.8 Å². The number of carbonyl (C=O) groups excluding carboxylic acids is 1. The third-order valence-electron chi connectivity index (χ3n) is 2.73. The largest absolute Gasteiger partial charge is 0.459 e. The van der Waals surface area contributed by atoms with Crippen LogP contribution in [0.4, 0.5) is 4.39 Å². The fraction of sp³-hybridized carbons (Fsp3) is 0.571. The molecular weight excluding hydrogens is 233 g/mol. The smallest absolute Gasteiger partial charge is 0.338 e. The van der Waals surface area contributed by atoms with E-state index in [9.17, 15) is 9.18 Å². The van der Waals surface area contributed by atoms with Crippen LogP contribution < -0.4 is 0 Å². The molecule has 4 heteroatoms. The zero-order chi connectivity index (χ0) is 13.4. The Kier molecular flexibility index (Phi) is 6.33. The molecule has 0 N–H and O–H groups in total. The lowest BCUT2D eigenvalue weighted by Gasteiger charge is -2.12. The highest BCUT2D eigenvalue weighted by molar-refractivity contribution is 5.89. The van der Waals surface area contributed by atoms with E-state index in [1.54, 1.807) is 0 Å². The Morgan fingerprint density at radius 3 is 2.89 bits per heavy atom. The Labute approximate surface area is 107 Å². The van der Waals surface area contributed by atoms with Gasteiger partial charge in [0.15, 0.2) is 0 Å². The second-order valence-electron chi connectivity index (χ2n) is 4.43. The zero-order valence-corrected chi connectivity index (χ0v) is 11.0. The van der Waals surface area contributed by atoms with Crippen LogP contribution in [0.1, 0.15) is 56.3 Å². The van der Waals surface area contributed by atoms with E-state index in [-0.39, 0.29) is 11.7 Å². The lowest BCUT2D eigenvalue weighted by Crippen LogP contribution is -2.15. The van der Waals surface area contributed by atoms with Gasteiger partial charge in [-0.05, 0) is 25.8 Å². The van der Waals surface area contributed by atoms with Crippen molar-refractivity contribution in [2.45, 2.75) is 52.1 Å². The van der Waals surface area contributed by atoms with Gasteiger partial charge < -0.3 is 4.74 Å². The molecule has 1 unspecified atom stereocenters. The Hall–Kier alpha value is -1.45. The Morgan fingerprint density at radius 2 is 2.22 bits per heavy atom. The van der Waals surface area contributed by atoms with E-state index in [1.807, 2.05) is 6.92 Å². The molecule has 100 valence electrons. The van der Waals surface area contributed by atoms with Gasteiger partial charge in [0, 0.05) is 12.3 Å². The number of pyridine rings is 1. The summed E-state index contributed by atoms with van der Waals surface area (Å²) in [6, 6.07) is 2.54. The average molecular weight is 253 g/mol. The van der Waals surface area contributed by atoms with Gasteiger partial charge in [0.1, 0.15) is 0 Å². The van der Waals surface area contributed by atoms with E-state index < -0.39 is 11.9 Å². The average Bonchev–Trinajstić information content (AvgIpc) is 2.34. The lowest BCUT2D eigenvalue weighted by molar-refractivity contribution is 0.0318. The van der Waals surface area contributed by atoms with Gasteiger partial charge in [-0.15, -0.1) is 0 Å². The maximum atomic E-state index is 12.8. The summed E-state index contributed by atoms with van der Waals surface area (Å²) in [7, 11) is 0. The van der Waals surface area contributed by atoms with Gasteiger partial charge in [-0.1, -0.05) is 26.2 Å². The fourth-order valence-electron chi connectivity index (χ4n) is 1.70. The SMILES string of the molecule is CCCCCCC(C)OC(=O)c1ccnc(F)c1. The van der Waals surface area contributed by atoms with Crippen LogP contribution in [-0.2, 0) is 4.74 Å². The van der Waals surface area contributed by atoms with Crippen LogP contribution in [-0.4, -0.2) is 17.1 Å². The summed E-state index contributed by atoms with van der Waals surface area (Å²) in [6.45, 7) is 4.02. The highest BCUT2D eigenvalue weighted by Gasteiger charge is 2.12. The minimum atomic E-state index is -0.667. The number of unbranched alkanes of at least 4 members (excludes halogenated alkanes) is 3. The quantitative estimate of drug-likeness (QED) is 0.422. The molecule has 0 aliphatic carbocycles. The third-order valence-corrected chi connectivity index (χ3v) is 2.73. The van der Waals surface area contributed by atoms with Gasteiger partial charge in [0.2, 0.25) is 5.95 Å². The molecule has 0 aromatic carbocycles. The lowest BCUT2D eigenvalue weighted by atomic mass is 10.1. The van der Waals surface area contributed by atoms with Crippen LogP contribution in [0.2, 0.25) is 0 Å². The molecule has 1 heterocycles. The summed E-state index contributed by atoms with van der Waals surface area (Å²) in [6.07, 6.45) is 6.57. The highest BCUT2D eigenvalue weighted by atomic mass is 19.1. The van der Waals surface area contributed by atoms with Crippen LogP contribution in [0.5, 0.6) is 0 Å². The minimum Gasteiger partial charge on any atom is -0.459 e. The number of aromatic nitrogens is 1. The van der Waals surface area contributed by atoms with E-state index >= 15 is 0 Å². The normalized spacial score (nSPS) is 12.2. The number of carbonyl (C=O) groups is 1. The third kappa shape index (κ3) is 5.25. The summed E-state index contributed by atoms with van der Waals surface area (Å²) < 4.78 is 18.1. The first-order valence-corrected chi connectivity index (χ1v) is 6.46. The molecule has 1 aromatic heterocycles. The van der Waals surface area contributed by atoms with Gasteiger partial charge in [-0.2, -0.15) is 4.39 Å². The van der Waals surface area contributed by atoms with E-state index in [1.165, 1.54) is 25.1 Å². The molecule has 18 heavy (non-hydrogen) atoms. The predicted molar refractivity (Wildman–Crippen MR) is 67.8 cm³/mol. The molecule has 1 atom stereocenters. The summed E-state index contributed by atoms with van der Waals surface area (Å²) in [5.74, 6) is -1.15. The van der Waals surface area contributed by atoms with E-state index in [0.29, 0.717) is 0 Å². The molecule has 0 spiro atoms. The number of nitrogens with zero attached hydrogens (tertiary/aromatic N) is 1. The van der Waals surface area contributed by atoms with Crippen molar-refractivity contribution >= 4 is 5.97 Å². The molecule has 0 bridgehead atoms. The summed E-state index contributed by atoms with van der Waals surface area (Å²) in [5, 5.41) is 0. The number of halogens is 1. The Balaban J connectivity index is 2.35. The number of ether oxygens (including phenoxy) is 1. The second kappa shape index (κ2) is 7.80. The predicted octanol–water partition coefficient (Wildman–Crippen LogP) is 3.74. The molecule has 0 radical (unpaired) electrons. The first kappa shape index (κ1) is 14.6. The molecule has 1 aromatic rings. The van der Waals surface area contributed by atoms with Crippen LogP contribution in [0.25, 0.3) is 0 Å². The maximum Gasteiger partial charge on any atom is 0.338 e. The van der Waals surface area contributed by atoms with E-state index in [0.717, 1.165) is 25.3 Å².